The molecule has 0 spiro atoms. The number of carbonyl (C=O) groups excluding carboxylic acids is 10. The van der Waals surface area contributed by atoms with Crippen LogP contribution in [0.1, 0.15) is 238 Å². The molecule has 79 heavy (non-hydrogen) atoms. The molecule has 0 radical (unpaired) electrons. The quantitative estimate of drug-likeness (QED) is 0.0237. The third-order valence-corrected chi connectivity index (χ3v) is 12.0. The van der Waals surface area contributed by atoms with Crippen molar-refractivity contribution in [3.63, 3.8) is 0 Å². The number of rotatable bonds is 56. The molecule has 0 aliphatic carbocycles. The van der Waals surface area contributed by atoms with E-state index in [9.17, 15) is 47.9 Å². The zero-order chi connectivity index (χ0) is 58.1. The van der Waals surface area contributed by atoms with Gasteiger partial charge in [-0.3, -0.25) is 43.2 Å². The molecule has 0 saturated heterocycles. The molecule has 0 atom stereocenters. The molecule has 0 N–H and O–H groups in total. The van der Waals surface area contributed by atoms with Crippen LogP contribution in [0.2, 0.25) is 0 Å². The third kappa shape index (κ3) is 55.5. The first kappa shape index (κ1) is 73.4. The summed E-state index contributed by atoms with van der Waals surface area (Å²) in [7, 11) is 0. The Morgan fingerprint density at radius 2 is 0.380 bits per heavy atom. The highest BCUT2D eigenvalue weighted by Gasteiger charge is 2.11. The lowest BCUT2D eigenvalue weighted by Gasteiger charge is -2.07. The van der Waals surface area contributed by atoms with Gasteiger partial charge in [0.1, 0.15) is 0 Å². The predicted molar refractivity (Wildman–Crippen MR) is 292 cm³/mol. The number of hydrogen-bond donors (Lipinski definition) is 0. The van der Waals surface area contributed by atoms with Gasteiger partial charge in [0.2, 0.25) is 0 Å². The predicted octanol–water partition coefficient (Wildman–Crippen LogP) is 10.7. The van der Waals surface area contributed by atoms with Gasteiger partial charge < -0.3 is 47.4 Å². The molecule has 0 heterocycles. The van der Waals surface area contributed by atoms with Crippen molar-refractivity contribution in [3.05, 3.63) is 12.7 Å². The van der Waals surface area contributed by atoms with Gasteiger partial charge in [0, 0.05) is 63.9 Å². The lowest BCUT2D eigenvalue weighted by Crippen LogP contribution is -2.09. The smallest absolute Gasteiger partial charge is 0.330 e. The minimum absolute atomic E-state index is 0.204. The van der Waals surface area contributed by atoms with Crippen LogP contribution in [0.25, 0.3) is 0 Å². The normalized spacial score (nSPS) is 10.7. The van der Waals surface area contributed by atoms with Gasteiger partial charge >= 0.3 is 59.7 Å². The lowest BCUT2D eigenvalue weighted by atomic mass is 10.2. The Bertz CT molecular complexity index is 1660. The monoisotopic (exact) mass is 1130 g/mol. The lowest BCUT2D eigenvalue weighted by molar-refractivity contribution is -0.146. The molecule has 0 bridgehead atoms. The Kier molecular flexibility index (Phi) is 51.8. The highest BCUT2D eigenvalue weighted by Crippen LogP contribution is 2.12. The maximum Gasteiger partial charge on any atom is 0.330 e. The molecule has 20 nitrogen and oxygen atoms in total. The summed E-state index contributed by atoms with van der Waals surface area (Å²) in [5.41, 5.74) is 0. The summed E-state index contributed by atoms with van der Waals surface area (Å²) in [5.74, 6) is -2.81. The zero-order valence-corrected chi connectivity index (χ0v) is 48.0. The van der Waals surface area contributed by atoms with E-state index in [1.54, 1.807) is 6.92 Å². The molecule has 0 aliphatic heterocycles. The summed E-state index contributed by atoms with van der Waals surface area (Å²) < 4.78 is 51.9. The summed E-state index contributed by atoms with van der Waals surface area (Å²) in [4.78, 5) is 118. The molecule has 0 amide bonds. The first-order valence-electron chi connectivity index (χ1n) is 29.6. The van der Waals surface area contributed by atoms with Crippen molar-refractivity contribution in [3.8, 4) is 0 Å². The van der Waals surface area contributed by atoms with E-state index in [-0.39, 0.29) is 99.2 Å². The van der Waals surface area contributed by atoms with Crippen LogP contribution in [-0.2, 0) is 95.3 Å². The van der Waals surface area contributed by atoms with E-state index >= 15 is 0 Å². The van der Waals surface area contributed by atoms with Gasteiger partial charge in [0.15, 0.2) is 0 Å². The van der Waals surface area contributed by atoms with Crippen molar-refractivity contribution < 1.29 is 95.3 Å². The van der Waals surface area contributed by atoms with Gasteiger partial charge in [-0.05, 0) is 180 Å². The summed E-state index contributed by atoms with van der Waals surface area (Å²) in [6, 6.07) is 0. The molecule has 0 aromatic carbocycles. The summed E-state index contributed by atoms with van der Waals surface area (Å²) in [5, 5.41) is 0. The molecular weight excluding hydrogens is 1030 g/mol. The molecule has 454 valence electrons. The Balaban J connectivity index is 3.50. The van der Waals surface area contributed by atoms with E-state index in [2.05, 4.69) is 6.58 Å². The van der Waals surface area contributed by atoms with E-state index < -0.39 is 5.97 Å². The van der Waals surface area contributed by atoms with Gasteiger partial charge in [0.05, 0.1) is 66.1 Å². The molecule has 0 aromatic heterocycles. The zero-order valence-electron chi connectivity index (χ0n) is 48.0. The molecule has 0 fully saturated rings. The standard InChI is InChI=1S/C59H98O20/c1-3-50(60)71-41-23-6-15-33-52(62)73-43-25-8-17-35-54(64)75-45-27-10-19-37-56(66)77-47-29-12-21-39-58(68)79-49-31-13-22-40-59(69)78-48-30-11-20-38-57(67)76-46-28-9-18-36-55(65)74-44-26-7-16-34-53(63)72-42-24-5-14-32-51(61)70-4-2/h3H,1,4-49H2,2H3. The van der Waals surface area contributed by atoms with E-state index in [0.29, 0.717) is 194 Å². The van der Waals surface area contributed by atoms with E-state index in [4.69, 9.17) is 47.4 Å². The van der Waals surface area contributed by atoms with E-state index in [1.165, 1.54) is 0 Å². The fourth-order valence-corrected chi connectivity index (χ4v) is 7.46. The van der Waals surface area contributed by atoms with Crippen LogP contribution < -0.4 is 0 Å². The largest absolute Gasteiger partial charge is 0.466 e. The van der Waals surface area contributed by atoms with Crippen LogP contribution in [0, 0.1) is 0 Å². The second-order valence-corrected chi connectivity index (χ2v) is 19.2. The van der Waals surface area contributed by atoms with Crippen molar-refractivity contribution in [1.29, 1.82) is 0 Å². The van der Waals surface area contributed by atoms with Crippen molar-refractivity contribution in [2.75, 3.05) is 66.1 Å². The Morgan fingerprint density at radius 1 is 0.228 bits per heavy atom. The van der Waals surface area contributed by atoms with E-state index in [1.807, 2.05) is 0 Å². The van der Waals surface area contributed by atoms with E-state index in [0.717, 1.165) is 63.9 Å². The van der Waals surface area contributed by atoms with Crippen molar-refractivity contribution in [2.24, 2.45) is 0 Å². The Morgan fingerprint density at radius 3 is 0.532 bits per heavy atom. The average molecular weight is 1130 g/mol. The maximum atomic E-state index is 12.1. The van der Waals surface area contributed by atoms with Crippen LogP contribution >= 0.6 is 0 Å². The summed E-state index contributed by atoms with van der Waals surface area (Å²) in [6.07, 6.45) is 22.4. The van der Waals surface area contributed by atoms with Gasteiger partial charge in [-0.1, -0.05) is 6.58 Å². The fourth-order valence-electron chi connectivity index (χ4n) is 7.46. The highest BCUT2D eigenvalue weighted by atomic mass is 16.6. The fraction of sp³-hybridized carbons (Fsp3) is 0.797. The number of carbonyl (C=O) groups is 10. The first-order chi connectivity index (χ1) is 38.4. The second kappa shape index (κ2) is 55.7. The summed E-state index contributed by atoms with van der Waals surface area (Å²) in [6.45, 7) is 8.20. The number of ether oxygens (including phenoxy) is 10. The van der Waals surface area contributed by atoms with Crippen molar-refractivity contribution >= 4 is 59.7 Å². The van der Waals surface area contributed by atoms with Gasteiger partial charge in [-0.2, -0.15) is 0 Å². The molecule has 20 heteroatoms. The average Bonchev–Trinajstić information content (AvgIpc) is 3.42. The van der Waals surface area contributed by atoms with Gasteiger partial charge in [-0.15, -0.1) is 0 Å². The maximum absolute atomic E-state index is 12.1. The van der Waals surface area contributed by atoms with Crippen molar-refractivity contribution in [1.82, 2.24) is 0 Å². The van der Waals surface area contributed by atoms with Crippen LogP contribution in [-0.4, -0.2) is 126 Å². The van der Waals surface area contributed by atoms with Crippen LogP contribution in [0.15, 0.2) is 12.7 Å². The molecule has 0 unspecified atom stereocenters. The number of unbranched alkanes of at least 4 members (excludes halogenated alkanes) is 18. The number of hydrogen-bond acceptors (Lipinski definition) is 20. The number of esters is 10. The van der Waals surface area contributed by atoms with Crippen molar-refractivity contribution in [2.45, 2.75) is 238 Å². The minimum atomic E-state index is -0.455. The summed E-state index contributed by atoms with van der Waals surface area (Å²) >= 11 is 0. The first-order valence-corrected chi connectivity index (χ1v) is 29.6. The molecule has 0 saturated carbocycles. The Labute approximate surface area is 470 Å². The van der Waals surface area contributed by atoms with Crippen LogP contribution in [0.3, 0.4) is 0 Å². The minimum Gasteiger partial charge on any atom is -0.466 e. The molecule has 0 rings (SSSR count). The molecule has 0 aromatic rings. The third-order valence-electron chi connectivity index (χ3n) is 12.0. The Hall–Kier alpha value is -5.56. The van der Waals surface area contributed by atoms with Crippen LogP contribution in [0.5, 0.6) is 0 Å². The second-order valence-electron chi connectivity index (χ2n) is 19.2. The topological polar surface area (TPSA) is 263 Å². The molecule has 0 aliphatic rings. The van der Waals surface area contributed by atoms with Gasteiger partial charge in [-0.25, -0.2) is 4.79 Å². The van der Waals surface area contributed by atoms with Crippen LogP contribution in [0.4, 0.5) is 0 Å². The molecular formula is C59H98O20. The SMILES string of the molecule is C=CC(=O)OCCCCCC(=O)OCCCCCC(=O)OCCCCCC(=O)OCCCCCC(=O)OCCCCCC(=O)OCCCCCC(=O)OCCCCCC(=O)OCCCCCC(=O)OCCCCCC(=O)OCC. The highest BCUT2D eigenvalue weighted by molar-refractivity contribution is 5.81. The van der Waals surface area contributed by atoms with Gasteiger partial charge in [0.25, 0.3) is 0 Å².